The van der Waals surface area contributed by atoms with Gasteiger partial charge in [0.05, 0.1) is 23.4 Å². The molecule has 0 fully saturated rings. The van der Waals surface area contributed by atoms with Crippen molar-refractivity contribution in [1.29, 1.82) is 0 Å². The summed E-state index contributed by atoms with van der Waals surface area (Å²) in [6.07, 6.45) is 0.725. The Hall–Kier alpha value is -1.68. The molecular weight excluding hydrogens is 282 g/mol. The number of hydrogen-bond donors (Lipinski definition) is 0. The Morgan fingerprint density at radius 1 is 1.24 bits per heavy atom. The van der Waals surface area contributed by atoms with E-state index in [1.54, 1.807) is 11.3 Å². The molecule has 0 saturated heterocycles. The summed E-state index contributed by atoms with van der Waals surface area (Å²) in [6.45, 7) is 8.81. The second kappa shape index (κ2) is 6.39. The largest absolute Gasteiger partial charge is 0.462 e. The van der Waals surface area contributed by atoms with Gasteiger partial charge < -0.3 is 4.74 Å². The number of rotatable bonds is 4. The van der Waals surface area contributed by atoms with E-state index < -0.39 is 0 Å². The number of benzene rings is 1. The van der Waals surface area contributed by atoms with Crippen molar-refractivity contribution in [2.75, 3.05) is 6.61 Å². The molecule has 0 saturated carbocycles. The van der Waals surface area contributed by atoms with E-state index in [0.29, 0.717) is 12.2 Å². The van der Waals surface area contributed by atoms with Gasteiger partial charge in [-0.3, -0.25) is 0 Å². The van der Waals surface area contributed by atoms with Gasteiger partial charge in [-0.15, -0.1) is 11.3 Å². The quantitative estimate of drug-likeness (QED) is 0.797. The summed E-state index contributed by atoms with van der Waals surface area (Å²) < 4.78 is 5.32. The van der Waals surface area contributed by atoms with Crippen LogP contribution in [0.2, 0.25) is 0 Å². The second-order valence-electron chi connectivity index (χ2n) is 6.07. The number of hydrogen-bond acceptors (Lipinski definition) is 4. The third-order valence-electron chi connectivity index (χ3n) is 3.39. The Balaban J connectivity index is 1.90. The molecule has 0 atom stereocenters. The maximum absolute atomic E-state index is 12.0. The van der Waals surface area contributed by atoms with E-state index in [-0.39, 0.29) is 11.4 Å². The van der Waals surface area contributed by atoms with E-state index in [1.807, 2.05) is 36.7 Å². The first-order valence-electron chi connectivity index (χ1n) is 7.04. The van der Waals surface area contributed by atoms with E-state index >= 15 is 0 Å². The number of thiazole rings is 1. The van der Waals surface area contributed by atoms with Crippen molar-refractivity contribution in [2.45, 2.75) is 39.5 Å². The van der Waals surface area contributed by atoms with Gasteiger partial charge in [0.15, 0.2) is 0 Å². The lowest BCUT2D eigenvalue weighted by atomic mass is 9.87. The van der Waals surface area contributed by atoms with Crippen molar-refractivity contribution >= 4 is 17.3 Å². The fourth-order valence-corrected chi connectivity index (χ4v) is 2.75. The molecule has 1 aromatic heterocycles. The Kier molecular flexibility index (Phi) is 4.78. The lowest BCUT2D eigenvalue weighted by Gasteiger charge is -2.18. The van der Waals surface area contributed by atoms with Crippen molar-refractivity contribution in [3.63, 3.8) is 0 Å². The van der Waals surface area contributed by atoms with Crippen LogP contribution in [0.4, 0.5) is 0 Å². The minimum absolute atomic E-state index is 0.0894. The number of carbonyl (C=O) groups excluding carboxylic acids is 1. The van der Waals surface area contributed by atoms with E-state index in [2.05, 4.69) is 25.8 Å². The Morgan fingerprint density at radius 2 is 1.90 bits per heavy atom. The van der Waals surface area contributed by atoms with Crippen LogP contribution < -0.4 is 0 Å². The molecule has 2 aromatic rings. The van der Waals surface area contributed by atoms with Gasteiger partial charge in [-0.25, -0.2) is 9.78 Å². The standard InChI is InChI=1S/C17H21NO2S/c1-12-15(21-11-18-12)9-10-20-16(19)13-5-7-14(8-6-13)17(2,3)4/h5-8,11H,9-10H2,1-4H3. The summed E-state index contributed by atoms with van der Waals surface area (Å²) >= 11 is 1.60. The van der Waals surface area contributed by atoms with Crippen LogP contribution in [0.3, 0.4) is 0 Å². The smallest absolute Gasteiger partial charge is 0.338 e. The number of aromatic nitrogens is 1. The maximum Gasteiger partial charge on any atom is 0.338 e. The third-order valence-corrected chi connectivity index (χ3v) is 4.39. The molecule has 1 aromatic carbocycles. The zero-order valence-electron chi connectivity index (χ0n) is 13.0. The number of carbonyl (C=O) groups is 1. The Labute approximate surface area is 130 Å². The highest BCUT2D eigenvalue weighted by Gasteiger charge is 2.14. The first-order chi connectivity index (χ1) is 9.88. The summed E-state index contributed by atoms with van der Waals surface area (Å²) in [7, 11) is 0. The lowest BCUT2D eigenvalue weighted by Crippen LogP contribution is -2.12. The first kappa shape index (κ1) is 15.7. The molecule has 0 amide bonds. The van der Waals surface area contributed by atoms with Gasteiger partial charge in [-0.05, 0) is 30.0 Å². The topological polar surface area (TPSA) is 39.2 Å². The molecule has 0 spiro atoms. The van der Waals surface area contributed by atoms with Crippen molar-refractivity contribution < 1.29 is 9.53 Å². The molecule has 112 valence electrons. The summed E-state index contributed by atoms with van der Waals surface area (Å²) in [6, 6.07) is 7.65. The molecule has 0 aliphatic heterocycles. The van der Waals surface area contributed by atoms with Crippen LogP contribution in [0.25, 0.3) is 0 Å². The van der Waals surface area contributed by atoms with Gasteiger partial charge in [-0.1, -0.05) is 32.9 Å². The van der Waals surface area contributed by atoms with Crippen LogP contribution in [-0.2, 0) is 16.6 Å². The highest BCUT2D eigenvalue weighted by atomic mass is 32.1. The number of aryl methyl sites for hydroxylation is 1. The van der Waals surface area contributed by atoms with Gasteiger partial charge in [0.2, 0.25) is 0 Å². The van der Waals surface area contributed by atoms with Gasteiger partial charge in [0.25, 0.3) is 0 Å². The molecular formula is C17H21NO2S. The lowest BCUT2D eigenvalue weighted by molar-refractivity contribution is 0.0509. The van der Waals surface area contributed by atoms with Crippen LogP contribution >= 0.6 is 11.3 Å². The fourth-order valence-electron chi connectivity index (χ4n) is 1.99. The Morgan fingerprint density at radius 3 is 2.43 bits per heavy atom. The van der Waals surface area contributed by atoms with E-state index in [9.17, 15) is 4.79 Å². The number of esters is 1. The zero-order valence-corrected chi connectivity index (χ0v) is 13.8. The van der Waals surface area contributed by atoms with Crippen LogP contribution in [0.5, 0.6) is 0 Å². The summed E-state index contributed by atoms with van der Waals surface area (Å²) in [5.74, 6) is -0.266. The van der Waals surface area contributed by atoms with E-state index in [1.165, 1.54) is 10.4 Å². The molecule has 1 heterocycles. The van der Waals surface area contributed by atoms with Crippen molar-refractivity contribution in [1.82, 2.24) is 4.98 Å². The summed E-state index contributed by atoms with van der Waals surface area (Å²) in [5.41, 5.74) is 4.73. The molecule has 0 radical (unpaired) electrons. The average Bonchev–Trinajstić information content (AvgIpc) is 2.83. The highest BCUT2D eigenvalue weighted by molar-refractivity contribution is 7.09. The van der Waals surface area contributed by atoms with Gasteiger partial charge in [0.1, 0.15) is 0 Å². The number of nitrogens with zero attached hydrogens (tertiary/aromatic N) is 1. The summed E-state index contributed by atoms with van der Waals surface area (Å²) in [5, 5.41) is 0. The highest BCUT2D eigenvalue weighted by Crippen LogP contribution is 2.22. The number of ether oxygens (including phenoxy) is 1. The molecule has 3 nitrogen and oxygen atoms in total. The van der Waals surface area contributed by atoms with Crippen LogP contribution in [-0.4, -0.2) is 17.6 Å². The van der Waals surface area contributed by atoms with Gasteiger partial charge in [0, 0.05) is 11.3 Å². The third kappa shape index (κ3) is 4.14. The molecule has 0 aliphatic carbocycles. The van der Waals surface area contributed by atoms with Crippen LogP contribution in [0, 0.1) is 6.92 Å². The fraction of sp³-hybridized carbons (Fsp3) is 0.412. The van der Waals surface area contributed by atoms with E-state index in [4.69, 9.17) is 4.74 Å². The molecule has 4 heteroatoms. The van der Waals surface area contributed by atoms with Crippen molar-refractivity contribution in [3.05, 3.63) is 51.5 Å². The zero-order chi connectivity index (χ0) is 15.5. The van der Waals surface area contributed by atoms with Crippen LogP contribution in [0.15, 0.2) is 29.8 Å². The van der Waals surface area contributed by atoms with Crippen LogP contribution in [0.1, 0.15) is 47.3 Å². The molecule has 0 unspecified atom stereocenters. The predicted molar refractivity (Wildman–Crippen MR) is 86.0 cm³/mol. The van der Waals surface area contributed by atoms with Crippen molar-refractivity contribution in [2.24, 2.45) is 0 Å². The predicted octanol–water partition coefficient (Wildman–Crippen LogP) is 4.15. The SMILES string of the molecule is Cc1ncsc1CCOC(=O)c1ccc(C(C)(C)C)cc1. The minimum Gasteiger partial charge on any atom is -0.462 e. The maximum atomic E-state index is 12.0. The normalized spacial score (nSPS) is 11.4. The van der Waals surface area contributed by atoms with Gasteiger partial charge >= 0.3 is 5.97 Å². The molecule has 0 aliphatic rings. The van der Waals surface area contributed by atoms with Crippen molar-refractivity contribution in [3.8, 4) is 0 Å². The Bertz CT molecular complexity index is 608. The summed E-state index contributed by atoms with van der Waals surface area (Å²) in [4.78, 5) is 17.3. The monoisotopic (exact) mass is 303 g/mol. The average molecular weight is 303 g/mol. The molecule has 21 heavy (non-hydrogen) atoms. The first-order valence-corrected chi connectivity index (χ1v) is 7.92. The molecule has 2 rings (SSSR count). The minimum atomic E-state index is -0.266. The molecule has 0 N–H and O–H groups in total. The molecule has 0 bridgehead atoms. The van der Waals surface area contributed by atoms with Gasteiger partial charge in [-0.2, -0.15) is 0 Å². The second-order valence-corrected chi connectivity index (χ2v) is 7.01. The van der Waals surface area contributed by atoms with E-state index in [0.717, 1.165) is 12.1 Å².